The van der Waals surface area contributed by atoms with Gasteiger partial charge in [0.05, 0.1) is 6.20 Å². The summed E-state index contributed by atoms with van der Waals surface area (Å²) in [4.78, 5) is 21.3. The predicted octanol–water partition coefficient (Wildman–Crippen LogP) is 0.246. The Morgan fingerprint density at radius 3 is 2.88 bits per heavy atom. The molecular formula is C11H13N3O3. The molecule has 1 aliphatic carbocycles. The van der Waals surface area contributed by atoms with Gasteiger partial charge < -0.3 is 10.8 Å². The van der Waals surface area contributed by atoms with Crippen molar-refractivity contribution in [2.24, 2.45) is 11.7 Å². The smallest absolute Gasteiger partial charge is 0.376 e. The number of rotatable bonds is 5. The summed E-state index contributed by atoms with van der Waals surface area (Å²) < 4.78 is 1.76. The van der Waals surface area contributed by atoms with E-state index in [0.29, 0.717) is 11.5 Å². The molecule has 17 heavy (non-hydrogen) atoms. The lowest BCUT2D eigenvalue weighted by Gasteiger charge is -1.97. The van der Waals surface area contributed by atoms with E-state index in [2.05, 4.69) is 5.10 Å². The Kier molecular flexibility index (Phi) is 2.95. The van der Waals surface area contributed by atoms with Crippen molar-refractivity contribution in [1.82, 2.24) is 9.78 Å². The van der Waals surface area contributed by atoms with E-state index in [9.17, 15) is 9.59 Å². The maximum Gasteiger partial charge on any atom is 0.376 e. The summed E-state index contributed by atoms with van der Waals surface area (Å²) >= 11 is 0. The van der Waals surface area contributed by atoms with Crippen LogP contribution in [0.5, 0.6) is 0 Å². The summed E-state index contributed by atoms with van der Waals surface area (Å²) in [5.74, 6) is -1.86. The Morgan fingerprint density at radius 2 is 2.29 bits per heavy atom. The molecule has 1 aliphatic rings. The summed E-state index contributed by atoms with van der Waals surface area (Å²) in [7, 11) is 0. The fourth-order valence-corrected chi connectivity index (χ4v) is 1.46. The second kappa shape index (κ2) is 4.40. The molecule has 0 spiro atoms. The zero-order valence-corrected chi connectivity index (χ0v) is 9.17. The zero-order valence-electron chi connectivity index (χ0n) is 9.17. The van der Waals surface area contributed by atoms with Gasteiger partial charge in [0.2, 0.25) is 0 Å². The highest BCUT2D eigenvalue weighted by molar-refractivity contribution is 6.38. The lowest BCUT2D eigenvalue weighted by molar-refractivity contribution is -0.146. The summed E-state index contributed by atoms with van der Waals surface area (Å²) in [6.07, 6.45) is 6.60. The van der Waals surface area contributed by atoms with Gasteiger partial charge in [-0.1, -0.05) is 0 Å². The SMILES string of the molecule is NC(=CC(=O)C(=O)O)c1cnn(CC2CC2)c1. The number of aromatic nitrogens is 2. The molecule has 3 N–H and O–H groups in total. The molecule has 6 nitrogen and oxygen atoms in total. The fourth-order valence-electron chi connectivity index (χ4n) is 1.46. The number of hydrogen-bond donors (Lipinski definition) is 2. The molecule has 1 saturated carbocycles. The van der Waals surface area contributed by atoms with Crippen LogP contribution in [0.2, 0.25) is 0 Å². The van der Waals surface area contributed by atoms with Gasteiger partial charge in [0.25, 0.3) is 5.78 Å². The van der Waals surface area contributed by atoms with Crippen LogP contribution in [0.15, 0.2) is 18.5 Å². The number of ketones is 1. The molecule has 0 saturated heterocycles. The average Bonchev–Trinajstić information content (AvgIpc) is 2.94. The van der Waals surface area contributed by atoms with Crippen LogP contribution in [-0.4, -0.2) is 26.6 Å². The molecule has 0 amide bonds. The van der Waals surface area contributed by atoms with E-state index in [1.807, 2.05) is 0 Å². The standard InChI is InChI=1S/C11H13N3O3/c12-9(3-10(15)11(16)17)8-4-13-14(6-8)5-7-1-2-7/h3-4,6-7H,1-2,5,12H2,(H,16,17). The van der Waals surface area contributed by atoms with Crippen molar-refractivity contribution < 1.29 is 14.7 Å². The van der Waals surface area contributed by atoms with Crippen molar-refractivity contribution in [3.05, 3.63) is 24.0 Å². The number of carbonyl (C=O) groups excluding carboxylic acids is 1. The summed E-state index contributed by atoms with van der Waals surface area (Å²) in [6, 6.07) is 0. The molecule has 0 aliphatic heterocycles. The van der Waals surface area contributed by atoms with Crippen molar-refractivity contribution in [3.63, 3.8) is 0 Å². The molecule has 1 heterocycles. The molecule has 0 unspecified atom stereocenters. The van der Waals surface area contributed by atoms with Gasteiger partial charge in [-0.25, -0.2) is 4.79 Å². The van der Waals surface area contributed by atoms with Gasteiger partial charge in [0.15, 0.2) is 0 Å². The number of aliphatic carboxylic acids is 1. The fraction of sp³-hybridized carbons (Fsp3) is 0.364. The quantitative estimate of drug-likeness (QED) is 0.563. The lowest BCUT2D eigenvalue weighted by Crippen LogP contribution is -2.11. The Morgan fingerprint density at radius 1 is 1.59 bits per heavy atom. The van der Waals surface area contributed by atoms with Crippen LogP contribution < -0.4 is 5.73 Å². The number of hydrogen-bond acceptors (Lipinski definition) is 4. The molecular weight excluding hydrogens is 222 g/mol. The van der Waals surface area contributed by atoms with Crippen molar-refractivity contribution in [2.75, 3.05) is 0 Å². The minimum Gasteiger partial charge on any atom is -0.475 e. The summed E-state index contributed by atoms with van der Waals surface area (Å²) in [6.45, 7) is 0.847. The van der Waals surface area contributed by atoms with Crippen LogP contribution in [-0.2, 0) is 16.1 Å². The first kappa shape index (κ1) is 11.4. The van der Waals surface area contributed by atoms with E-state index < -0.39 is 11.8 Å². The number of carboxylic acids is 1. The minimum atomic E-state index is -1.52. The van der Waals surface area contributed by atoms with Crippen LogP contribution in [0, 0.1) is 5.92 Å². The van der Waals surface area contributed by atoms with Crippen molar-refractivity contribution in [2.45, 2.75) is 19.4 Å². The first-order chi connectivity index (χ1) is 8.06. The van der Waals surface area contributed by atoms with Gasteiger partial charge in [0.1, 0.15) is 0 Å². The second-order valence-electron chi connectivity index (χ2n) is 4.16. The van der Waals surface area contributed by atoms with E-state index >= 15 is 0 Å². The Bertz CT molecular complexity index is 486. The topological polar surface area (TPSA) is 98.2 Å². The van der Waals surface area contributed by atoms with Crippen molar-refractivity contribution >= 4 is 17.4 Å². The van der Waals surface area contributed by atoms with Gasteiger partial charge in [-0.2, -0.15) is 5.10 Å². The zero-order chi connectivity index (χ0) is 12.4. The molecule has 6 heteroatoms. The lowest BCUT2D eigenvalue weighted by atomic mass is 10.2. The number of carboxylic acid groups (broad SMARTS) is 1. The Hall–Kier alpha value is -2.11. The Labute approximate surface area is 97.7 Å². The van der Waals surface area contributed by atoms with Crippen LogP contribution in [0.25, 0.3) is 5.70 Å². The van der Waals surface area contributed by atoms with Gasteiger partial charge in [-0.15, -0.1) is 0 Å². The molecule has 0 atom stereocenters. The molecule has 0 bridgehead atoms. The highest BCUT2D eigenvalue weighted by Gasteiger charge is 2.22. The summed E-state index contributed by atoms with van der Waals surface area (Å²) in [5.41, 5.74) is 6.31. The first-order valence-electron chi connectivity index (χ1n) is 5.33. The third kappa shape index (κ3) is 2.93. The third-order valence-corrected chi connectivity index (χ3v) is 2.61. The van der Waals surface area contributed by atoms with E-state index in [1.54, 1.807) is 10.9 Å². The first-order valence-corrected chi connectivity index (χ1v) is 5.33. The molecule has 0 radical (unpaired) electrons. The van der Waals surface area contributed by atoms with Crippen LogP contribution in [0.4, 0.5) is 0 Å². The maximum absolute atomic E-state index is 10.9. The van der Waals surface area contributed by atoms with Crippen molar-refractivity contribution in [3.8, 4) is 0 Å². The monoisotopic (exact) mass is 235 g/mol. The number of nitrogens with two attached hydrogens (primary N) is 1. The highest BCUT2D eigenvalue weighted by Crippen LogP contribution is 2.30. The van der Waals surface area contributed by atoms with Crippen LogP contribution in [0.3, 0.4) is 0 Å². The van der Waals surface area contributed by atoms with E-state index in [4.69, 9.17) is 10.8 Å². The second-order valence-corrected chi connectivity index (χ2v) is 4.16. The Balaban J connectivity index is 2.07. The predicted molar refractivity (Wildman–Crippen MR) is 59.8 cm³/mol. The molecule has 1 aromatic heterocycles. The number of nitrogens with zero attached hydrogens (tertiary/aromatic N) is 2. The van der Waals surface area contributed by atoms with Gasteiger partial charge in [0, 0.05) is 30.1 Å². The minimum absolute atomic E-state index is 0.124. The van der Waals surface area contributed by atoms with E-state index in [-0.39, 0.29) is 5.70 Å². The van der Waals surface area contributed by atoms with Gasteiger partial charge >= 0.3 is 5.97 Å². The molecule has 90 valence electrons. The molecule has 2 rings (SSSR count). The third-order valence-electron chi connectivity index (χ3n) is 2.61. The van der Waals surface area contributed by atoms with E-state index in [1.165, 1.54) is 19.0 Å². The molecule has 1 fully saturated rings. The van der Waals surface area contributed by atoms with Crippen molar-refractivity contribution in [1.29, 1.82) is 0 Å². The van der Waals surface area contributed by atoms with Crippen LogP contribution in [0.1, 0.15) is 18.4 Å². The average molecular weight is 235 g/mol. The highest BCUT2D eigenvalue weighted by atomic mass is 16.4. The largest absolute Gasteiger partial charge is 0.475 e. The van der Waals surface area contributed by atoms with Gasteiger partial charge in [-0.05, 0) is 18.8 Å². The molecule has 0 aromatic carbocycles. The maximum atomic E-state index is 10.9. The summed E-state index contributed by atoms with van der Waals surface area (Å²) in [5, 5.41) is 12.5. The number of carbonyl (C=O) groups is 2. The van der Waals surface area contributed by atoms with Crippen LogP contribution >= 0.6 is 0 Å². The molecule has 1 aromatic rings. The normalized spacial score (nSPS) is 15.9. The van der Waals surface area contributed by atoms with E-state index in [0.717, 1.165) is 12.6 Å². The van der Waals surface area contributed by atoms with Gasteiger partial charge in [-0.3, -0.25) is 9.48 Å².